The maximum absolute atomic E-state index is 15.9. The Hall–Kier alpha value is -8.16. The van der Waals surface area contributed by atoms with Crippen molar-refractivity contribution in [2.24, 2.45) is 11.7 Å². The van der Waals surface area contributed by atoms with Crippen LogP contribution in [0.3, 0.4) is 0 Å². The highest BCUT2D eigenvalue weighted by Crippen LogP contribution is 2.68. The summed E-state index contributed by atoms with van der Waals surface area (Å²) in [4.78, 5) is 74.6. The molecule has 8 rings (SSSR count). The summed E-state index contributed by atoms with van der Waals surface area (Å²) in [6, 6.07) is 5.43. The van der Waals surface area contributed by atoms with E-state index in [1.807, 2.05) is 0 Å². The van der Waals surface area contributed by atoms with Gasteiger partial charge in [0.15, 0.2) is 21.3 Å². The van der Waals surface area contributed by atoms with Crippen LogP contribution in [-0.4, -0.2) is 118 Å². The Morgan fingerprint density at radius 2 is 1.44 bits per heavy atom. The molecule has 23 nitrogen and oxygen atoms in total. The molecule has 0 saturated heterocycles. The summed E-state index contributed by atoms with van der Waals surface area (Å²) < 4.78 is 243. The number of carbonyl (C=O) groups is 5. The zero-order valence-electron chi connectivity index (χ0n) is 58.5. The number of rotatable bonds is 26. The third kappa shape index (κ3) is 18.9. The van der Waals surface area contributed by atoms with Gasteiger partial charge in [0.05, 0.1) is 59.0 Å². The van der Waals surface area contributed by atoms with E-state index in [9.17, 15) is 53.8 Å². The first-order valence-electron chi connectivity index (χ1n) is 31.9. The fourth-order valence-electron chi connectivity index (χ4n) is 12.1. The predicted molar refractivity (Wildman–Crippen MR) is 360 cm³/mol. The molecular weight excluding hydrogens is 1480 g/mol. The van der Waals surface area contributed by atoms with Crippen LogP contribution >= 0.6 is 19.4 Å². The molecule has 0 aliphatic heterocycles. The van der Waals surface area contributed by atoms with Gasteiger partial charge in [0.2, 0.25) is 33.7 Å². The van der Waals surface area contributed by atoms with Gasteiger partial charge >= 0.3 is 26.1 Å². The summed E-state index contributed by atoms with van der Waals surface area (Å²) >= 11 is 6.95. The van der Waals surface area contributed by atoms with Gasteiger partial charge in [-0.2, -0.15) is 49.6 Å². The molecule has 4 atom stereocenters. The molecule has 3 aromatic carbocycles. The van der Waals surface area contributed by atoms with E-state index < -0.39 is 233 Å². The van der Waals surface area contributed by atoms with Crippen molar-refractivity contribution >= 4 is 85.6 Å². The molecule has 1 fully saturated rings. The van der Waals surface area contributed by atoms with Gasteiger partial charge in [-0.15, -0.1) is 0 Å². The number of ether oxygens (including phenoxy) is 1. The number of esters is 1. The summed E-state index contributed by atoms with van der Waals surface area (Å²) in [6.45, 7) is 13.6. The van der Waals surface area contributed by atoms with Gasteiger partial charge in [0.1, 0.15) is 58.3 Å². The van der Waals surface area contributed by atoms with Crippen LogP contribution in [0.1, 0.15) is 158 Å². The number of carbonyl (C=O) groups excluding carboxylic acids is 5. The molecule has 3 aromatic heterocycles. The molecule has 104 heavy (non-hydrogen) atoms. The van der Waals surface area contributed by atoms with Crippen LogP contribution in [0.2, 0.25) is 5.02 Å². The van der Waals surface area contributed by atoms with Crippen molar-refractivity contribution < 1.29 is 108 Å². The third-order valence-corrected chi connectivity index (χ3v) is 21.4. The molecule has 4 amide bonds. The van der Waals surface area contributed by atoms with Gasteiger partial charge in [-0.1, -0.05) is 43.5 Å². The summed E-state index contributed by atoms with van der Waals surface area (Å²) in [5.74, 6) is -11.5. The number of fused-ring (bicyclic) bond motifs is 4. The van der Waals surface area contributed by atoms with Gasteiger partial charge in [0.25, 0.3) is 5.92 Å². The van der Waals surface area contributed by atoms with Gasteiger partial charge in [0, 0.05) is 52.3 Å². The second kappa shape index (κ2) is 29.3. The average Bonchev–Trinajstić information content (AvgIpc) is 1.52. The van der Waals surface area contributed by atoms with Gasteiger partial charge in [-0.3, -0.25) is 37.6 Å². The molecular formula is C67H75ClF10N9O14PS2. The molecule has 2 aliphatic carbocycles. The molecule has 37 heteroatoms. The number of nitrogens with two attached hydrogens (primary N) is 1. The van der Waals surface area contributed by atoms with E-state index in [-0.39, 0.29) is 53.8 Å². The lowest BCUT2D eigenvalue weighted by molar-refractivity contribution is -0.159. The summed E-state index contributed by atoms with van der Waals surface area (Å²) in [6.07, 6.45) is -14.6. The molecule has 0 unspecified atom stereocenters. The van der Waals surface area contributed by atoms with Crippen LogP contribution in [0.4, 0.5) is 49.7 Å². The molecule has 2 aliphatic rings. The monoisotopic (exact) mass is 1550 g/mol. The van der Waals surface area contributed by atoms with E-state index in [4.69, 9.17) is 35.6 Å². The largest absolute Gasteiger partial charge is 0.530 e. The van der Waals surface area contributed by atoms with Crippen molar-refractivity contribution in [2.75, 3.05) is 16.8 Å². The number of halogens is 11. The Kier molecular flexibility index (Phi) is 23.0. The number of hydrogen-bond donors (Lipinski definition) is 3. The van der Waals surface area contributed by atoms with Crippen LogP contribution in [-0.2, 0) is 106 Å². The number of primary amides is 1. The molecule has 4 N–H and O–H groups in total. The second-order valence-electron chi connectivity index (χ2n) is 28.1. The molecule has 0 bridgehead atoms. The first-order chi connectivity index (χ1) is 47.5. The number of aromatic nitrogens is 5. The average molecular weight is 1550 g/mol. The van der Waals surface area contributed by atoms with Crippen LogP contribution < -0.4 is 25.2 Å². The summed E-state index contributed by atoms with van der Waals surface area (Å²) in [5, 5.41) is 11.1. The first kappa shape index (κ1) is 81.5. The molecule has 0 radical (unpaired) electrons. The maximum atomic E-state index is 15.9. The third-order valence-electron chi connectivity index (χ3n) is 16.3. The van der Waals surface area contributed by atoms with E-state index >= 15 is 35.5 Å². The normalized spacial score (nSPS) is 16.1. The van der Waals surface area contributed by atoms with Crippen LogP contribution in [0, 0.1) is 36.3 Å². The minimum absolute atomic E-state index is 0.0246. The number of sulfonamides is 1. The van der Waals surface area contributed by atoms with Gasteiger partial charge in [-0.05, 0) is 147 Å². The highest BCUT2D eigenvalue weighted by Gasteiger charge is 2.68. The van der Waals surface area contributed by atoms with Crippen molar-refractivity contribution in [1.82, 2.24) is 35.2 Å². The number of benzene rings is 3. The number of pyridine rings is 1. The molecule has 1 saturated carbocycles. The van der Waals surface area contributed by atoms with Crippen molar-refractivity contribution in [3.8, 4) is 28.7 Å². The molecule has 3 heterocycles. The topological polar surface area (TPSA) is 309 Å². The van der Waals surface area contributed by atoms with Crippen molar-refractivity contribution in [3.63, 3.8) is 0 Å². The molecule has 6 aromatic rings. The number of phosphoric acid groups is 1. The lowest BCUT2D eigenvalue weighted by atomic mass is 9.77. The standard InChI is InChI=1S/C67H75ClF10N9O14PS2/c1-33(2)99-102(93,100-34(3)4)101-48-22-35(5)21-37(26-50(89)82-47(29-49(79)88)61(92)98-62(6,7)8)55(48)63(9,10)30-52(91)87(104(14,96)97)60-54-45(68)18-17-42(57(54)86(84-60)32-65(71,72)73)41-16-15-40(19-20-64(11,12)103(13,94)95)80-56(41)46(25-36-23-38(69)27-39(70)24-36)81-51(90)31-85-59-53(58(83-85)67(76,77)78)43-28-44(43)66(59,74)75/h15-18,21-24,27,33-34,43-44,46-47H,25-26,28-32H2,1-14H3,(H2,79,88)(H,81,90)(H,82,89)/t43-,44+,46-,47-/m0/s1. The maximum Gasteiger partial charge on any atom is 0.530 e. The van der Waals surface area contributed by atoms with Crippen LogP contribution in [0.15, 0.2) is 54.6 Å². The highest BCUT2D eigenvalue weighted by atomic mass is 35.5. The van der Waals surface area contributed by atoms with E-state index in [1.165, 1.54) is 95.2 Å². The van der Waals surface area contributed by atoms with E-state index in [0.29, 0.717) is 12.3 Å². The lowest BCUT2D eigenvalue weighted by Crippen LogP contribution is -2.46. The minimum atomic E-state index is -5.30. The number of amides is 4. The Morgan fingerprint density at radius 3 is 1.99 bits per heavy atom. The second-order valence-corrected chi connectivity index (χ2v) is 34.4. The minimum Gasteiger partial charge on any atom is -0.458 e. The van der Waals surface area contributed by atoms with E-state index in [2.05, 4.69) is 37.7 Å². The number of hydrogen-bond acceptors (Lipinski definition) is 17. The number of anilines is 1. The zero-order chi connectivity index (χ0) is 78.1. The van der Waals surface area contributed by atoms with Crippen molar-refractivity contribution in [3.05, 3.63) is 122 Å². The predicted octanol–water partition coefficient (Wildman–Crippen LogP) is 11.8. The zero-order valence-corrected chi connectivity index (χ0v) is 61.8. The van der Waals surface area contributed by atoms with Gasteiger partial charge in [-0.25, -0.2) is 40.0 Å². The number of aryl methyl sites for hydroxylation is 1. The Bertz CT molecular complexity index is 4760. The Balaban J connectivity index is 1.34. The quantitative estimate of drug-likeness (QED) is 0.0197. The van der Waals surface area contributed by atoms with Crippen molar-refractivity contribution in [1.29, 1.82) is 0 Å². The molecule has 566 valence electrons. The SMILES string of the molecule is Cc1cc(CC(=O)N[C@@H](CC(N)=O)C(=O)OC(C)(C)C)c(C(C)(C)CC(=O)N(c2nn(CC(F)(F)F)c3c(-c4ccc(C#CC(C)(C)S(C)(=O)=O)nc4[C@H](Cc4cc(F)cc(F)c4)NC(=O)Cn4nc(C(F)(F)F)c5c4C(F)(F)[C@@H]4C[C@H]54)ccc(Cl)c23)S(C)(=O)=O)c(OP(=O)(OC(C)C)OC(C)C)c1. The number of nitrogens with one attached hydrogen (secondary N) is 2. The fourth-order valence-corrected chi connectivity index (χ4v) is 15.0. The number of phosphoric ester groups is 1. The number of alkyl halides is 8. The van der Waals surface area contributed by atoms with Gasteiger partial charge < -0.3 is 25.6 Å². The van der Waals surface area contributed by atoms with E-state index in [1.54, 1.807) is 0 Å². The molecule has 0 spiro atoms. The Labute approximate surface area is 597 Å². The summed E-state index contributed by atoms with van der Waals surface area (Å²) in [5.41, 5.74) is -4.13. The number of nitrogens with zero attached hydrogens (tertiary/aromatic N) is 6. The fraction of sp³-hybridized carbons (Fsp3) is 0.493. The van der Waals surface area contributed by atoms with E-state index in [0.717, 1.165) is 42.7 Å². The smallest absolute Gasteiger partial charge is 0.458 e. The lowest BCUT2D eigenvalue weighted by Gasteiger charge is -2.33. The number of sulfone groups is 1. The first-order valence-corrected chi connectivity index (χ1v) is 37.5. The van der Waals surface area contributed by atoms with Crippen molar-refractivity contribution in [2.45, 2.75) is 193 Å². The Morgan fingerprint density at radius 1 is 0.837 bits per heavy atom. The van der Waals surface area contributed by atoms with Crippen LogP contribution in [0.25, 0.3) is 22.0 Å². The highest BCUT2D eigenvalue weighted by molar-refractivity contribution is 7.93. The van der Waals surface area contributed by atoms with Crippen LogP contribution in [0.5, 0.6) is 5.75 Å². The summed E-state index contributed by atoms with van der Waals surface area (Å²) in [7, 11) is -13.9.